The molecular weight excluding hydrogens is 278 g/mol. The van der Waals surface area contributed by atoms with E-state index in [1.165, 1.54) is 0 Å². The van der Waals surface area contributed by atoms with Crippen molar-refractivity contribution in [3.63, 3.8) is 0 Å². The molecule has 0 saturated heterocycles. The van der Waals surface area contributed by atoms with Crippen LogP contribution in [0.15, 0.2) is 47.1 Å². The zero-order valence-corrected chi connectivity index (χ0v) is 11.9. The van der Waals surface area contributed by atoms with Gasteiger partial charge in [0, 0.05) is 25.2 Å². The molecule has 0 spiro atoms. The molecule has 108 valence electrons. The first-order valence-electron chi connectivity index (χ1n) is 6.74. The molecule has 0 amide bonds. The van der Waals surface area contributed by atoms with E-state index in [1.807, 2.05) is 30.3 Å². The summed E-state index contributed by atoms with van der Waals surface area (Å²) < 4.78 is 4.97. The summed E-state index contributed by atoms with van der Waals surface area (Å²) in [5, 5.41) is 15.8. The number of nitriles is 1. The zero-order valence-electron chi connectivity index (χ0n) is 11.9. The second kappa shape index (κ2) is 6.06. The predicted octanol–water partition coefficient (Wildman–Crippen LogP) is 2.92. The molecule has 0 bridgehead atoms. The first-order valence-corrected chi connectivity index (χ1v) is 6.74. The Kier molecular flexibility index (Phi) is 3.79. The summed E-state index contributed by atoms with van der Waals surface area (Å²) in [7, 11) is 0. The van der Waals surface area contributed by atoms with Crippen molar-refractivity contribution in [3.05, 3.63) is 59.6 Å². The van der Waals surface area contributed by atoms with Gasteiger partial charge >= 0.3 is 0 Å². The third-order valence-electron chi connectivity index (χ3n) is 3.11. The van der Waals surface area contributed by atoms with Crippen molar-refractivity contribution in [1.29, 1.82) is 5.26 Å². The lowest BCUT2D eigenvalue weighted by atomic mass is 10.1. The molecule has 3 rings (SSSR count). The summed E-state index contributed by atoms with van der Waals surface area (Å²) in [6, 6.07) is 13.5. The molecule has 0 saturated carbocycles. The lowest BCUT2D eigenvalue weighted by molar-refractivity contribution is 0.394. The first-order chi connectivity index (χ1) is 10.7. The molecule has 6 heteroatoms. The molecular formula is C16H13N5O. The van der Waals surface area contributed by atoms with E-state index in [1.54, 1.807) is 25.3 Å². The number of anilines is 1. The number of benzene rings is 1. The Morgan fingerprint density at radius 2 is 2.00 bits per heavy atom. The highest BCUT2D eigenvalue weighted by Crippen LogP contribution is 2.17. The first kappa shape index (κ1) is 13.8. The number of nitrogens with one attached hydrogen (secondary N) is 1. The van der Waals surface area contributed by atoms with Gasteiger partial charge in [0.2, 0.25) is 11.7 Å². The molecule has 0 fully saturated rings. The van der Waals surface area contributed by atoms with Crippen LogP contribution in [0.2, 0.25) is 0 Å². The Labute approximate surface area is 127 Å². The van der Waals surface area contributed by atoms with Gasteiger partial charge in [-0.25, -0.2) is 4.98 Å². The van der Waals surface area contributed by atoms with Crippen LogP contribution in [0.4, 0.5) is 5.82 Å². The highest BCUT2D eigenvalue weighted by atomic mass is 16.5. The third kappa shape index (κ3) is 3.10. The largest absolute Gasteiger partial charge is 0.366 e. The third-order valence-corrected chi connectivity index (χ3v) is 3.11. The van der Waals surface area contributed by atoms with Gasteiger partial charge in [0.1, 0.15) is 11.9 Å². The van der Waals surface area contributed by atoms with Crippen LogP contribution < -0.4 is 5.32 Å². The van der Waals surface area contributed by atoms with E-state index < -0.39 is 0 Å². The maximum absolute atomic E-state index is 8.73. The molecule has 0 radical (unpaired) electrons. The summed E-state index contributed by atoms with van der Waals surface area (Å²) in [4.78, 5) is 8.36. The minimum Gasteiger partial charge on any atom is -0.366 e. The Morgan fingerprint density at radius 3 is 2.59 bits per heavy atom. The smallest absolute Gasteiger partial charge is 0.223 e. The molecule has 0 atom stereocenters. The van der Waals surface area contributed by atoms with E-state index in [9.17, 15) is 0 Å². The fourth-order valence-corrected chi connectivity index (χ4v) is 1.95. The van der Waals surface area contributed by atoms with Gasteiger partial charge in [-0.15, -0.1) is 0 Å². The van der Waals surface area contributed by atoms with Crippen LogP contribution >= 0.6 is 0 Å². The van der Waals surface area contributed by atoms with E-state index in [-0.39, 0.29) is 0 Å². The number of pyridine rings is 1. The van der Waals surface area contributed by atoms with E-state index in [2.05, 4.69) is 20.4 Å². The van der Waals surface area contributed by atoms with Gasteiger partial charge in [-0.2, -0.15) is 10.2 Å². The van der Waals surface area contributed by atoms with E-state index in [0.29, 0.717) is 23.8 Å². The summed E-state index contributed by atoms with van der Waals surface area (Å²) >= 11 is 0. The molecule has 1 N–H and O–H groups in total. The molecule has 2 aromatic heterocycles. The molecule has 0 aliphatic carbocycles. The normalized spacial score (nSPS) is 10.2. The topological polar surface area (TPSA) is 87.6 Å². The van der Waals surface area contributed by atoms with Gasteiger partial charge in [-0.3, -0.25) is 0 Å². The van der Waals surface area contributed by atoms with Crippen LogP contribution in [-0.4, -0.2) is 15.1 Å². The number of hydrogen-bond acceptors (Lipinski definition) is 6. The van der Waals surface area contributed by atoms with Gasteiger partial charge in [0.25, 0.3) is 0 Å². The average Bonchev–Trinajstić information content (AvgIpc) is 3.00. The van der Waals surface area contributed by atoms with Crippen LogP contribution in [-0.2, 0) is 6.54 Å². The Bertz CT molecular complexity index is 800. The van der Waals surface area contributed by atoms with Crippen LogP contribution in [0, 0.1) is 18.3 Å². The van der Waals surface area contributed by atoms with Crippen molar-refractivity contribution in [2.75, 3.05) is 5.32 Å². The molecule has 22 heavy (non-hydrogen) atoms. The van der Waals surface area contributed by atoms with Gasteiger partial charge in [0.05, 0.1) is 5.56 Å². The Balaban J connectivity index is 1.64. The van der Waals surface area contributed by atoms with Crippen molar-refractivity contribution in [2.45, 2.75) is 13.5 Å². The number of aromatic nitrogens is 3. The minimum atomic E-state index is 0.547. The number of aryl methyl sites for hydroxylation is 1. The van der Waals surface area contributed by atoms with Crippen LogP contribution in [0.25, 0.3) is 11.4 Å². The molecule has 0 aliphatic heterocycles. The van der Waals surface area contributed by atoms with E-state index in [0.717, 1.165) is 16.9 Å². The fourth-order valence-electron chi connectivity index (χ4n) is 1.95. The van der Waals surface area contributed by atoms with Gasteiger partial charge in [0.15, 0.2) is 0 Å². The fraction of sp³-hybridized carbons (Fsp3) is 0.125. The van der Waals surface area contributed by atoms with Crippen LogP contribution in [0.1, 0.15) is 17.0 Å². The quantitative estimate of drug-likeness (QED) is 0.795. The maximum Gasteiger partial charge on any atom is 0.223 e. The van der Waals surface area contributed by atoms with Gasteiger partial charge < -0.3 is 9.84 Å². The minimum absolute atomic E-state index is 0.547. The standard InChI is InChI=1S/C16H13N5O/c1-11-20-16(21-22-11)14-5-2-12(3-6-14)9-18-15-7-4-13(8-17)10-19-15/h2-7,10H,9H2,1H3,(H,18,19). The summed E-state index contributed by atoms with van der Waals surface area (Å²) in [5.74, 6) is 1.87. The summed E-state index contributed by atoms with van der Waals surface area (Å²) in [6.45, 7) is 2.41. The zero-order chi connectivity index (χ0) is 15.4. The number of rotatable bonds is 4. The molecule has 6 nitrogen and oxygen atoms in total. The second-order valence-electron chi connectivity index (χ2n) is 4.73. The van der Waals surface area contributed by atoms with E-state index >= 15 is 0 Å². The molecule has 3 aromatic rings. The van der Waals surface area contributed by atoms with E-state index in [4.69, 9.17) is 9.78 Å². The summed E-state index contributed by atoms with van der Waals surface area (Å²) in [5.41, 5.74) is 2.57. The van der Waals surface area contributed by atoms with Crippen molar-refractivity contribution in [3.8, 4) is 17.5 Å². The van der Waals surface area contributed by atoms with Crippen LogP contribution in [0.3, 0.4) is 0 Å². The predicted molar refractivity (Wildman–Crippen MR) is 80.7 cm³/mol. The SMILES string of the molecule is Cc1nc(-c2ccc(CNc3ccc(C#N)cn3)cc2)no1. The lowest BCUT2D eigenvalue weighted by Gasteiger charge is -2.06. The Morgan fingerprint density at radius 1 is 1.18 bits per heavy atom. The summed E-state index contributed by atoms with van der Waals surface area (Å²) in [6.07, 6.45) is 1.55. The number of hydrogen-bond donors (Lipinski definition) is 1. The average molecular weight is 291 g/mol. The highest BCUT2D eigenvalue weighted by Gasteiger charge is 2.05. The van der Waals surface area contributed by atoms with Gasteiger partial charge in [-0.1, -0.05) is 29.4 Å². The van der Waals surface area contributed by atoms with Crippen molar-refractivity contribution in [2.24, 2.45) is 0 Å². The molecule has 0 aliphatic rings. The molecule has 1 aromatic carbocycles. The molecule has 0 unspecified atom stereocenters. The highest BCUT2D eigenvalue weighted by molar-refractivity contribution is 5.54. The maximum atomic E-state index is 8.73. The monoisotopic (exact) mass is 291 g/mol. The van der Waals surface area contributed by atoms with Crippen LogP contribution in [0.5, 0.6) is 0 Å². The lowest BCUT2D eigenvalue weighted by Crippen LogP contribution is -2.01. The molecule has 2 heterocycles. The second-order valence-corrected chi connectivity index (χ2v) is 4.73. The van der Waals surface area contributed by atoms with Crippen molar-refractivity contribution >= 4 is 5.82 Å². The van der Waals surface area contributed by atoms with Crippen molar-refractivity contribution in [1.82, 2.24) is 15.1 Å². The van der Waals surface area contributed by atoms with Gasteiger partial charge in [-0.05, 0) is 17.7 Å². The van der Waals surface area contributed by atoms with Crippen molar-refractivity contribution < 1.29 is 4.52 Å². The number of nitrogens with zero attached hydrogens (tertiary/aromatic N) is 4. The Hall–Kier alpha value is -3.20.